The molecule has 2 nitrogen and oxygen atoms in total. The van der Waals surface area contributed by atoms with Gasteiger partial charge in [-0.25, -0.2) is 0 Å². The van der Waals surface area contributed by atoms with Gasteiger partial charge in [-0.05, 0) is 44.5 Å². The molecule has 0 bridgehead atoms. The largest absolute Gasteiger partial charge is 0.481 e. The Morgan fingerprint density at radius 3 is 2.73 bits per heavy atom. The van der Waals surface area contributed by atoms with E-state index in [0.29, 0.717) is 12.2 Å². The van der Waals surface area contributed by atoms with Crippen molar-refractivity contribution in [2.45, 2.75) is 20.8 Å². The minimum absolute atomic E-state index is 0.0676. The highest BCUT2D eigenvalue weighted by Gasteiger charge is 2.03. The van der Waals surface area contributed by atoms with E-state index in [9.17, 15) is 4.79 Å². The summed E-state index contributed by atoms with van der Waals surface area (Å²) in [6, 6.07) is 5.41. The Labute approximate surface area is 90.3 Å². The number of carbonyl (C=O) groups is 1. The molecule has 0 aliphatic rings. The van der Waals surface area contributed by atoms with Gasteiger partial charge in [-0.15, -0.1) is 5.92 Å². The number of rotatable bonds is 3. The smallest absolute Gasteiger partial charge is 0.159 e. The first-order chi connectivity index (χ1) is 7.15. The lowest BCUT2D eigenvalue weighted by molar-refractivity contribution is 0.101. The van der Waals surface area contributed by atoms with Gasteiger partial charge in [0.1, 0.15) is 12.4 Å². The molecule has 0 saturated carbocycles. The van der Waals surface area contributed by atoms with Crippen LogP contribution in [0, 0.1) is 18.8 Å². The average molecular weight is 202 g/mol. The van der Waals surface area contributed by atoms with Gasteiger partial charge < -0.3 is 4.74 Å². The predicted octanol–water partition coefficient (Wildman–Crippen LogP) is 2.60. The summed E-state index contributed by atoms with van der Waals surface area (Å²) in [7, 11) is 0. The number of ketones is 1. The van der Waals surface area contributed by atoms with Crippen LogP contribution in [0.3, 0.4) is 0 Å². The van der Waals surface area contributed by atoms with E-state index in [1.165, 1.54) is 0 Å². The number of Topliss-reactive ketones (excluding diaryl/α,β-unsaturated/α-hetero) is 1. The van der Waals surface area contributed by atoms with Crippen molar-refractivity contribution in [2.24, 2.45) is 0 Å². The molecule has 78 valence electrons. The molecule has 0 heterocycles. The lowest BCUT2D eigenvalue weighted by atomic mass is 10.1. The number of aryl methyl sites for hydroxylation is 1. The molecular formula is C13H14O2. The summed E-state index contributed by atoms with van der Waals surface area (Å²) in [5.74, 6) is 6.43. The number of benzene rings is 1. The third-order valence-corrected chi connectivity index (χ3v) is 2.06. The van der Waals surface area contributed by atoms with Gasteiger partial charge in [-0.3, -0.25) is 4.79 Å². The number of carbonyl (C=O) groups excluding carboxylic acids is 1. The molecule has 1 aromatic rings. The van der Waals surface area contributed by atoms with Crippen LogP contribution in [0.1, 0.15) is 29.8 Å². The van der Waals surface area contributed by atoms with E-state index in [1.807, 2.05) is 19.1 Å². The van der Waals surface area contributed by atoms with E-state index in [2.05, 4.69) is 11.8 Å². The van der Waals surface area contributed by atoms with E-state index in [4.69, 9.17) is 4.74 Å². The molecule has 0 aromatic heterocycles. The molecule has 0 radical (unpaired) electrons. The SMILES string of the molecule is CC#CCOc1ccc(C(C)=O)cc1C. The molecule has 0 amide bonds. The normalized spacial score (nSPS) is 9.00. The molecular weight excluding hydrogens is 188 g/mol. The van der Waals surface area contributed by atoms with E-state index >= 15 is 0 Å². The summed E-state index contributed by atoms with van der Waals surface area (Å²) in [6.07, 6.45) is 0. The standard InChI is InChI=1S/C13H14O2/c1-4-5-8-15-13-7-6-12(11(3)14)9-10(13)2/h6-7,9H,8H2,1-3H3. The summed E-state index contributed by atoms with van der Waals surface area (Å²) in [5, 5.41) is 0. The summed E-state index contributed by atoms with van der Waals surface area (Å²) < 4.78 is 5.43. The van der Waals surface area contributed by atoms with Gasteiger partial charge >= 0.3 is 0 Å². The number of ether oxygens (including phenoxy) is 1. The van der Waals surface area contributed by atoms with Gasteiger partial charge in [-0.1, -0.05) is 5.92 Å². The predicted molar refractivity (Wildman–Crippen MR) is 60.1 cm³/mol. The zero-order valence-electron chi connectivity index (χ0n) is 9.26. The van der Waals surface area contributed by atoms with Gasteiger partial charge in [0.25, 0.3) is 0 Å². The fraction of sp³-hybridized carbons (Fsp3) is 0.308. The molecule has 0 aliphatic carbocycles. The topological polar surface area (TPSA) is 26.3 Å². The first kappa shape index (κ1) is 11.3. The maximum absolute atomic E-state index is 11.1. The zero-order valence-corrected chi connectivity index (χ0v) is 9.26. The minimum atomic E-state index is 0.0676. The van der Waals surface area contributed by atoms with Gasteiger partial charge in [0.15, 0.2) is 5.78 Å². The molecule has 15 heavy (non-hydrogen) atoms. The Bertz CT molecular complexity index is 422. The maximum Gasteiger partial charge on any atom is 0.159 e. The second-order valence-corrected chi connectivity index (χ2v) is 3.25. The molecule has 1 rings (SSSR count). The van der Waals surface area contributed by atoms with Crippen LogP contribution in [0.15, 0.2) is 18.2 Å². The molecule has 1 aromatic carbocycles. The molecule has 0 fully saturated rings. The van der Waals surface area contributed by atoms with Crippen LogP contribution in [0.5, 0.6) is 5.75 Å². The fourth-order valence-electron chi connectivity index (χ4n) is 1.22. The van der Waals surface area contributed by atoms with E-state index < -0.39 is 0 Å². The van der Waals surface area contributed by atoms with Crippen LogP contribution in [0.25, 0.3) is 0 Å². The first-order valence-corrected chi connectivity index (χ1v) is 4.79. The minimum Gasteiger partial charge on any atom is -0.481 e. The molecule has 2 heteroatoms. The highest BCUT2D eigenvalue weighted by Crippen LogP contribution is 2.19. The quantitative estimate of drug-likeness (QED) is 0.556. The second kappa shape index (κ2) is 5.21. The highest BCUT2D eigenvalue weighted by molar-refractivity contribution is 5.94. The van der Waals surface area contributed by atoms with Crippen LogP contribution in [0.2, 0.25) is 0 Å². The van der Waals surface area contributed by atoms with Gasteiger partial charge in [0.2, 0.25) is 0 Å². The highest BCUT2D eigenvalue weighted by atomic mass is 16.5. The summed E-state index contributed by atoms with van der Waals surface area (Å²) in [5.41, 5.74) is 1.67. The van der Waals surface area contributed by atoms with Crippen molar-refractivity contribution in [3.63, 3.8) is 0 Å². The van der Waals surface area contributed by atoms with Crippen molar-refractivity contribution < 1.29 is 9.53 Å². The van der Waals surface area contributed by atoms with Crippen molar-refractivity contribution in [2.75, 3.05) is 6.61 Å². The van der Waals surface area contributed by atoms with E-state index in [1.54, 1.807) is 19.9 Å². The van der Waals surface area contributed by atoms with Crippen LogP contribution < -0.4 is 4.74 Å². The Kier molecular flexibility index (Phi) is 3.93. The molecule has 0 saturated heterocycles. The van der Waals surface area contributed by atoms with Gasteiger partial charge in [0.05, 0.1) is 0 Å². The van der Waals surface area contributed by atoms with Crippen molar-refractivity contribution in [1.29, 1.82) is 0 Å². The van der Waals surface area contributed by atoms with Crippen LogP contribution in [0.4, 0.5) is 0 Å². The zero-order chi connectivity index (χ0) is 11.3. The number of hydrogen-bond donors (Lipinski definition) is 0. The van der Waals surface area contributed by atoms with Crippen molar-refractivity contribution in [3.8, 4) is 17.6 Å². The van der Waals surface area contributed by atoms with Crippen molar-refractivity contribution in [3.05, 3.63) is 29.3 Å². The van der Waals surface area contributed by atoms with Crippen molar-refractivity contribution in [1.82, 2.24) is 0 Å². The molecule has 0 aliphatic heterocycles. The summed E-state index contributed by atoms with van der Waals surface area (Å²) >= 11 is 0. The van der Waals surface area contributed by atoms with Crippen LogP contribution in [-0.2, 0) is 0 Å². The summed E-state index contributed by atoms with van der Waals surface area (Å²) in [6.45, 7) is 5.63. The van der Waals surface area contributed by atoms with Crippen LogP contribution in [-0.4, -0.2) is 12.4 Å². The fourth-order valence-corrected chi connectivity index (χ4v) is 1.22. The Morgan fingerprint density at radius 2 is 2.20 bits per heavy atom. The van der Waals surface area contributed by atoms with Crippen LogP contribution >= 0.6 is 0 Å². The second-order valence-electron chi connectivity index (χ2n) is 3.25. The Morgan fingerprint density at radius 1 is 1.47 bits per heavy atom. The third kappa shape index (κ3) is 3.14. The lowest BCUT2D eigenvalue weighted by Gasteiger charge is -2.06. The monoisotopic (exact) mass is 202 g/mol. The van der Waals surface area contributed by atoms with E-state index in [0.717, 1.165) is 11.3 Å². The molecule has 0 N–H and O–H groups in total. The first-order valence-electron chi connectivity index (χ1n) is 4.79. The van der Waals surface area contributed by atoms with Crippen molar-refractivity contribution >= 4 is 5.78 Å². The maximum atomic E-state index is 11.1. The molecule has 0 atom stereocenters. The van der Waals surface area contributed by atoms with Gasteiger partial charge in [0, 0.05) is 5.56 Å². The van der Waals surface area contributed by atoms with E-state index in [-0.39, 0.29) is 5.78 Å². The number of hydrogen-bond acceptors (Lipinski definition) is 2. The van der Waals surface area contributed by atoms with Gasteiger partial charge in [-0.2, -0.15) is 0 Å². The lowest BCUT2D eigenvalue weighted by Crippen LogP contribution is -1.98. The Balaban J connectivity index is 2.82. The molecule has 0 unspecified atom stereocenters. The molecule has 0 spiro atoms. The Hall–Kier alpha value is -1.75. The summed E-state index contributed by atoms with van der Waals surface area (Å²) in [4.78, 5) is 11.1. The average Bonchev–Trinajstić information content (AvgIpc) is 2.20. The third-order valence-electron chi connectivity index (χ3n) is 2.06.